The molecule has 34 heavy (non-hydrogen) atoms. The molecule has 0 aromatic heterocycles. The number of para-hydroxylation sites is 1. The number of carbonyl (C=O) groups is 2. The average molecular weight is 486 g/mol. The van der Waals surface area contributed by atoms with Crippen molar-refractivity contribution in [2.75, 3.05) is 20.3 Å². The van der Waals surface area contributed by atoms with Crippen LogP contribution in [0.1, 0.15) is 51.6 Å². The molecule has 1 aromatic rings. The summed E-state index contributed by atoms with van der Waals surface area (Å²) in [6.45, 7) is 6.70. The first-order chi connectivity index (χ1) is 16.4. The first-order valence-corrected chi connectivity index (χ1v) is 12.4. The van der Waals surface area contributed by atoms with Crippen LogP contribution in [0.15, 0.2) is 51.6 Å². The highest BCUT2D eigenvalue weighted by molar-refractivity contribution is 8.16. The van der Waals surface area contributed by atoms with E-state index in [9.17, 15) is 9.59 Å². The monoisotopic (exact) mass is 485 g/mol. The Labute approximate surface area is 204 Å². The minimum atomic E-state index is -0.526. The van der Waals surface area contributed by atoms with Crippen molar-refractivity contribution in [1.82, 2.24) is 10.2 Å². The van der Waals surface area contributed by atoms with Gasteiger partial charge in [-0.05, 0) is 45.1 Å². The second kappa shape index (κ2) is 10.7. The fraction of sp³-hybridized carbons (Fsp3) is 0.480. The summed E-state index contributed by atoms with van der Waals surface area (Å²) in [6.07, 6.45) is 1.95. The van der Waals surface area contributed by atoms with E-state index in [-0.39, 0.29) is 24.5 Å². The van der Waals surface area contributed by atoms with E-state index in [0.717, 1.165) is 35.9 Å². The van der Waals surface area contributed by atoms with Gasteiger partial charge >= 0.3 is 5.97 Å². The Bertz CT molecular complexity index is 1040. The number of amides is 1. The fourth-order valence-electron chi connectivity index (χ4n) is 4.35. The van der Waals surface area contributed by atoms with Gasteiger partial charge in [-0.2, -0.15) is 0 Å². The molecule has 2 atom stereocenters. The molecule has 3 aliphatic rings. The number of methoxy groups -OCH3 is 1. The van der Waals surface area contributed by atoms with Gasteiger partial charge in [0, 0.05) is 24.4 Å². The number of esters is 1. The molecule has 0 spiro atoms. The Morgan fingerprint density at radius 1 is 1.32 bits per heavy atom. The van der Waals surface area contributed by atoms with Crippen molar-refractivity contribution < 1.29 is 23.8 Å². The van der Waals surface area contributed by atoms with Crippen LogP contribution >= 0.6 is 11.8 Å². The molecular formula is C25H31N3O5S. The quantitative estimate of drug-likeness (QED) is 0.559. The van der Waals surface area contributed by atoms with Gasteiger partial charge in [0.1, 0.15) is 5.75 Å². The molecule has 3 aliphatic heterocycles. The minimum Gasteiger partial charge on any atom is -0.496 e. The molecule has 0 aliphatic carbocycles. The standard InChI is InChI=1S/C25H31N3O5S/c1-15(2)33-24(30)22-16(3)27-25-28(23(22)19-9-5-6-10-20(19)31-4)17(14-34-25)12-21(29)26-13-18-8-7-11-32-18/h5-6,9-10,14-15,18,23H,7-8,11-13H2,1-4H3,(H,26,29). The van der Waals surface area contributed by atoms with Crippen LogP contribution in [0, 0.1) is 0 Å². The smallest absolute Gasteiger partial charge is 0.338 e. The Morgan fingerprint density at radius 3 is 2.82 bits per heavy atom. The first-order valence-electron chi connectivity index (χ1n) is 11.6. The predicted molar refractivity (Wildman–Crippen MR) is 131 cm³/mol. The molecule has 182 valence electrons. The van der Waals surface area contributed by atoms with E-state index < -0.39 is 12.0 Å². The third kappa shape index (κ3) is 5.15. The zero-order valence-corrected chi connectivity index (χ0v) is 20.8. The number of allylic oxidation sites excluding steroid dienone is 1. The number of aliphatic imine (C=N–C) groups is 1. The number of nitrogens with zero attached hydrogens (tertiary/aromatic N) is 2. The molecule has 2 unspecified atom stereocenters. The van der Waals surface area contributed by atoms with Crippen LogP contribution < -0.4 is 10.1 Å². The van der Waals surface area contributed by atoms with Gasteiger partial charge in [0.05, 0.1) is 43.1 Å². The number of hydrogen-bond donors (Lipinski definition) is 1. The number of nitrogens with one attached hydrogen (secondary N) is 1. The van der Waals surface area contributed by atoms with Gasteiger partial charge < -0.3 is 24.4 Å². The summed E-state index contributed by atoms with van der Waals surface area (Å²) in [5.41, 5.74) is 2.61. The summed E-state index contributed by atoms with van der Waals surface area (Å²) in [5, 5.41) is 5.63. The van der Waals surface area contributed by atoms with Crippen molar-refractivity contribution in [2.45, 2.75) is 58.3 Å². The van der Waals surface area contributed by atoms with E-state index in [1.165, 1.54) is 11.8 Å². The second-order valence-corrected chi connectivity index (χ2v) is 9.54. The van der Waals surface area contributed by atoms with Crippen LogP contribution in [0.25, 0.3) is 0 Å². The Balaban J connectivity index is 1.64. The van der Waals surface area contributed by atoms with Crippen LogP contribution in [0.2, 0.25) is 0 Å². The van der Waals surface area contributed by atoms with Crippen LogP contribution in [0.4, 0.5) is 0 Å². The van der Waals surface area contributed by atoms with Gasteiger partial charge in [-0.3, -0.25) is 4.79 Å². The molecule has 4 rings (SSSR count). The van der Waals surface area contributed by atoms with Crippen molar-refractivity contribution in [3.8, 4) is 5.75 Å². The predicted octanol–water partition coefficient (Wildman–Crippen LogP) is 3.91. The first kappa shape index (κ1) is 24.3. The van der Waals surface area contributed by atoms with Gasteiger partial charge in [0.25, 0.3) is 0 Å². The summed E-state index contributed by atoms with van der Waals surface area (Å²) in [7, 11) is 1.60. The highest BCUT2D eigenvalue weighted by Gasteiger charge is 2.42. The highest BCUT2D eigenvalue weighted by atomic mass is 32.2. The van der Waals surface area contributed by atoms with Gasteiger partial charge in [0.15, 0.2) is 5.17 Å². The molecule has 1 fully saturated rings. The lowest BCUT2D eigenvalue weighted by atomic mass is 9.93. The fourth-order valence-corrected chi connectivity index (χ4v) is 5.32. The lowest BCUT2D eigenvalue weighted by molar-refractivity contribution is -0.143. The van der Waals surface area contributed by atoms with Gasteiger partial charge in [-0.15, -0.1) is 0 Å². The number of thioether (sulfide) groups is 1. The topological polar surface area (TPSA) is 89.5 Å². The number of benzene rings is 1. The van der Waals surface area contributed by atoms with Gasteiger partial charge in [-0.25, -0.2) is 9.79 Å². The largest absolute Gasteiger partial charge is 0.496 e. The molecule has 1 aromatic carbocycles. The van der Waals surface area contributed by atoms with Gasteiger partial charge in [0.2, 0.25) is 5.91 Å². The number of carbonyl (C=O) groups excluding carboxylic acids is 2. The summed E-state index contributed by atoms with van der Waals surface area (Å²) in [5.74, 6) is 0.126. The minimum absolute atomic E-state index is 0.0762. The molecule has 8 nitrogen and oxygen atoms in total. The maximum Gasteiger partial charge on any atom is 0.338 e. The number of rotatable bonds is 8. The normalized spacial score (nSPS) is 21.9. The Hall–Kier alpha value is -2.78. The lowest BCUT2D eigenvalue weighted by Crippen LogP contribution is -2.39. The zero-order chi connectivity index (χ0) is 24.2. The van der Waals surface area contributed by atoms with Crippen LogP contribution in [-0.4, -0.2) is 54.4 Å². The molecule has 0 radical (unpaired) electrons. The van der Waals surface area contributed by atoms with Crippen molar-refractivity contribution in [2.24, 2.45) is 4.99 Å². The van der Waals surface area contributed by atoms with Crippen molar-refractivity contribution in [1.29, 1.82) is 0 Å². The van der Waals surface area contributed by atoms with Gasteiger partial charge in [-0.1, -0.05) is 30.0 Å². The number of amidine groups is 1. The van der Waals surface area contributed by atoms with Crippen molar-refractivity contribution >= 4 is 28.8 Å². The molecular weight excluding hydrogens is 454 g/mol. The summed E-state index contributed by atoms with van der Waals surface area (Å²) < 4.78 is 16.8. The lowest BCUT2D eigenvalue weighted by Gasteiger charge is -2.37. The second-order valence-electron chi connectivity index (χ2n) is 8.70. The maximum absolute atomic E-state index is 13.2. The summed E-state index contributed by atoms with van der Waals surface area (Å²) in [6, 6.07) is 7.06. The van der Waals surface area contributed by atoms with E-state index >= 15 is 0 Å². The number of hydrogen-bond acceptors (Lipinski definition) is 8. The number of ether oxygens (including phenoxy) is 3. The average Bonchev–Trinajstić information content (AvgIpc) is 3.46. The Morgan fingerprint density at radius 2 is 2.12 bits per heavy atom. The van der Waals surface area contributed by atoms with E-state index in [1.54, 1.807) is 7.11 Å². The molecule has 1 saturated heterocycles. The van der Waals surface area contributed by atoms with E-state index in [1.807, 2.05) is 55.3 Å². The van der Waals surface area contributed by atoms with Crippen molar-refractivity contribution in [3.63, 3.8) is 0 Å². The van der Waals surface area contributed by atoms with Crippen LogP contribution in [0.3, 0.4) is 0 Å². The molecule has 3 heterocycles. The number of fused-ring (bicyclic) bond motifs is 1. The van der Waals surface area contributed by atoms with Crippen molar-refractivity contribution in [3.05, 3.63) is 52.2 Å². The summed E-state index contributed by atoms with van der Waals surface area (Å²) >= 11 is 1.45. The maximum atomic E-state index is 13.2. The van der Waals surface area contributed by atoms with E-state index in [2.05, 4.69) is 5.32 Å². The third-order valence-electron chi connectivity index (χ3n) is 5.89. The molecule has 1 N–H and O–H groups in total. The molecule has 0 bridgehead atoms. The SMILES string of the molecule is COc1ccccc1C1C(C(=O)OC(C)C)=C(C)N=C2SC=C(CC(=O)NCC3CCCO3)N21. The molecule has 0 saturated carbocycles. The summed E-state index contributed by atoms with van der Waals surface area (Å²) in [4.78, 5) is 32.7. The zero-order valence-electron chi connectivity index (χ0n) is 20.0. The van der Waals surface area contributed by atoms with Crippen LogP contribution in [0.5, 0.6) is 5.75 Å². The Kier molecular flexibility index (Phi) is 7.63. The molecule has 1 amide bonds. The molecule has 9 heteroatoms. The third-order valence-corrected chi connectivity index (χ3v) is 6.78. The highest BCUT2D eigenvalue weighted by Crippen LogP contribution is 2.46. The van der Waals surface area contributed by atoms with E-state index in [4.69, 9.17) is 19.2 Å². The van der Waals surface area contributed by atoms with Crippen LogP contribution in [-0.2, 0) is 19.1 Å². The van der Waals surface area contributed by atoms with E-state index in [0.29, 0.717) is 23.6 Å².